The zero-order valence-corrected chi connectivity index (χ0v) is 63.1. The van der Waals surface area contributed by atoms with E-state index in [0.717, 1.165) is 44.9 Å². The number of esters is 1. The Morgan fingerprint density at radius 3 is 0.783 bits per heavy atom. The van der Waals surface area contributed by atoms with Gasteiger partial charge in [-0.3, -0.25) is 9.59 Å². The van der Waals surface area contributed by atoms with E-state index in [9.17, 15) is 19.8 Å². The molecule has 2 atom stereocenters. The molecule has 548 valence electrons. The summed E-state index contributed by atoms with van der Waals surface area (Å²) >= 11 is 0. The first-order valence-electron chi connectivity index (χ1n) is 42.9. The summed E-state index contributed by atoms with van der Waals surface area (Å²) in [5, 5.41) is 23.5. The number of aliphatic hydroxyl groups excluding tert-OH is 2. The topological polar surface area (TPSA) is 95.9 Å². The highest BCUT2D eigenvalue weighted by molar-refractivity contribution is 5.76. The molecule has 6 heteroatoms. The fraction of sp³-hybridized carbons (Fsp3) is 0.953. The van der Waals surface area contributed by atoms with Crippen molar-refractivity contribution in [3.63, 3.8) is 0 Å². The van der Waals surface area contributed by atoms with Gasteiger partial charge in [-0.15, -0.1) is 0 Å². The Hall–Kier alpha value is -1.40. The maximum Gasteiger partial charge on any atom is 0.305 e. The van der Waals surface area contributed by atoms with Crippen LogP contribution in [0.4, 0.5) is 0 Å². The number of ether oxygens (including phenoxy) is 1. The molecule has 0 rings (SSSR count). The van der Waals surface area contributed by atoms with Crippen LogP contribution in [-0.2, 0) is 14.3 Å². The maximum absolute atomic E-state index is 12.6. The second-order valence-electron chi connectivity index (χ2n) is 29.9. The number of unbranched alkanes of at least 4 members (excludes halogenated alkanes) is 69. The van der Waals surface area contributed by atoms with Crippen LogP contribution < -0.4 is 5.32 Å². The Morgan fingerprint density at radius 1 is 0.293 bits per heavy atom. The molecule has 0 aliphatic carbocycles. The molecule has 92 heavy (non-hydrogen) atoms. The van der Waals surface area contributed by atoms with Crippen molar-refractivity contribution in [3.05, 3.63) is 12.2 Å². The third-order valence-electron chi connectivity index (χ3n) is 20.6. The molecule has 1 amide bonds. The summed E-state index contributed by atoms with van der Waals surface area (Å²) in [5.74, 6) is -0.00710. The third kappa shape index (κ3) is 77.6. The molecule has 0 aliphatic rings. The summed E-state index contributed by atoms with van der Waals surface area (Å²) in [6, 6.07) is -0.538. The van der Waals surface area contributed by atoms with E-state index in [1.807, 2.05) is 0 Å². The van der Waals surface area contributed by atoms with E-state index in [0.29, 0.717) is 25.9 Å². The summed E-state index contributed by atoms with van der Waals surface area (Å²) in [5.41, 5.74) is 0. The minimum atomic E-state index is -0.661. The van der Waals surface area contributed by atoms with Crippen molar-refractivity contribution in [3.8, 4) is 0 Å². The number of nitrogens with one attached hydrogen (secondary N) is 1. The Morgan fingerprint density at radius 2 is 0.511 bits per heavy atom. The predicted octanol–water partition coefficient (Wildman–Crippen LogP) is 28.6. The van der Waals surface area contributed by atoms with E-state index in [1.165, 1.54) is 424 Å². The van der Waals surface area contributed by atoms with E-state index >= 15 is 0 Å². The van der Waals surface area contributed by atoms with Gasteiger partial charge in [0.1, 0.15) is 0 Å². The summed E-state index contributed by atoms with van der Waals surface area (Å²) in [4.78, 5) is 24.7. The van der Waals surface area contributed by atoms with Gasteiger partial charge in [0.25, 0.3) is 0 Å². The van der Waals surface area contributed by atoms with Gasteiger partial charge in [-0.1, -0.05) is 450 Å². The highest BCUT2D eigenvalue weighted by atomic mass is 16.5. The van der Waals surface area contributed by atoms with Gasteiger partial charge in [-0.25, -0.2) is 0 Å². The van der Waals surface area contributed by atoms with Gasteiger partial charge in [0.05, 0.1) is 25.4 Å². The lowest BCUT2D eigenvalue weighted by molar-refractivity contribution is -0.143. The Kier molecular flexibility index (Phi) is 80.8. The van der Waals surface area contributed by atoms with Crippen LogP contribution in [0, 0.1) is 0 Å². The van der Waals surface area contributed by atoms with Gasteiger partial charge in [0.15, 0.2) is 0 Å². The standard InChI is InChI=1S/C86H169NO5/c1-3-5-7-9-11-13-15-17-18-19-20-21-22-36-39-42-45-48-51-55-58-62-66-70-74-78-84(89)83(82-88)87-85(90)79-75-71-67-63-59-56-52-49-46-43-40-37-34-32-30-28-26-24-23-25-27-29-31-33-35-38-41-44-47-50-53-57-61-65-69-73-77-81-92-86(91)80-76-72-68-64-60-54-16-14-12-10-8-6-4-2/h14,16,83-84,88-89H,3-13,15,17-82H2,1-2H3,(H,87,90)/b16-14-. The van der Waals surface area contributed by atoms with Crippen molar-refractivity contribution in [2.24, 2.45) is 0 Å². The van der Waals surface area contributed by atoms with Crippen molar-refractivity contribution in [1.82, 2.24) is 5.32 Å². The van der Waals surface area contributed by atoms with Crippen LogP contribution in [0.1, 0.15) is 502 Å². The molecule has 6 nitrogen and oxygen atoms in total. The van der Waals surface area contributed by atoms with Crippen molar-refractivity contribution >= 4 is 11.9 Å². The smallest absolute Gasteiger partial charge is 0.305 e. The lowest BCUT2D eigenvalue weighted by atomic mass is 10.0. The van der Waals surface area contributed by atoms with Crippen molar-refractivity contribution in [2.45, 2.75) is 514 Å². The molecule has 0 radical (unpaired) electrons. The van der Waals surface area contributed by atoms with Crippen LogP contribution >= 0.6 is 0 Å². The second kappa shape index (κ2) is 82.0. The molecule has 0 aromatic heterocycles. The highest BCUT2D eigenvalue weighted by Crippen LogP contribution is 2.21. The van der Waals surface area contributed by atoms with Gasteiger partial charge in [0.2, 0.25) is 5.91 Å². The highest BCUT2D eigenvalue weighted by Gasteiger charge is 2.20. The zero-order chi connectivity index (χ0) is 66.3. The number of carbonyl (C=O) groups is 2. The second-order valence-corrected chi connectivity index (χ2v) is 29.9. The number of allylic oxidation sites excluding steroid dienone is 2. The molecular formula is C86H169NO5. The van der Waals surface area contributed by atoms with Crippen molar-refractivity contribution < 1.29 is 24.5 Å². The van der Waals surface area contributed by atoms with Gasteiger partial charge in [-0.05, 0) is 51.4 Å². The minimum absolute atomic E-state index is 0.0153. The van der Waals surface area contributed by atoms with Gasteiger partial charge < -0.3 is 20.3 Å². The average molecular weight is 1300 g/mol. The van der Waals surface area contributed by atoms with E-state index in [-0.39, 0.29) is 18.5 Å². The molecule has 0 saturated heterocycles. The molecule has 0 fully saturated rings. The molecule has 0 bridgehead atoms. The molecule has 2 unspecified atom stereocenters. The zero-order valence-electron chi connectivity index (χ0n) is 63.1. The lowest BCUT2D eigenvalue weighted by Gasteiger charge is -2.22. The van der Waals surface area contributed by atoms with Crippen LogP contribution in [0.25, 0.3) is 0 Å². The Labute approximate surface area is 578 Å². The van der Waals surface area contributed by atoms with Crippen LogP contribution in [0.3, 0.4) is 0 Å². The number of amides is 1. The Bertz CT molecular complexity index is 1400. The van der Waals surface area contributed by atoms with Gasteiger partial charge in [-0.2, -0.15) is 0 Å². The van der Waals surface area contributed by atoms with E-state index in [2.05, 4.69) is 31.3 Å². The average Bonchev–Trinajstić information content (AvgIpc) is 3.55. The predicted molar refractivity (Wildman–Crippen MR) is 407 cm³/mol. The normalized spacial score (nSPS) is 12.4. The first-order valence-corrected chi connectivity index (χ1v) is 42.9. The Balaban J connectivity index is 3.31. The first-order chi connectivity index (χ1) is 45.5. The number of hydrogen-bond acceptors (Lipinski definition) is 5. The SMILES string of the molecule is CCCCCC/C=C\CCCCCCCC(=O)OCCCCCCCCCCCCCCCCCCCCCCCCCCCCCCCCCCCCCCCC(=O)NC(CO)C(O)CCCCCCCCCCCCCCCCCCCCCCCCCCC. The van der Waals surface area contributed by atoms with E-state index in [1.54, 1.807) is 0 Å². The van der Waals surface area contributed by atoms with E-state index < -0.39 is 12.1 Å². The van der Waals surface area contributed by atoms with Crippen molar-refractivity contribution in [2.75, 3.05) is 13.2 Å². The number of rotatable bonds is 82. The van der Waals surface area contributed by atoms with Gasteiger partial charge in [0, 0.05) is 12.8 Å². The molecule has 3 N–H and O–H groups in total. The largest absolute Gasteiger partial charge is 0.466 e. The van der Waals surface area contributed by atoms with Crippen LogP contribution in [0.2, 0.25) is 0 Å². The molecular weight excluding hydrogens is 1130 g/mol. The summed E-state index contributed by atoms with van der Waals surface area (Å²) < 4.78 is 5.49. The third-order valence-corrected chi connectivity index (χ3v) is 20.6. The van der Waals surface area contributed by atoms with Crippen molar-refractivity contribution in [1.29, 1.82) is 0 Å². The molecule has 0 spiro atoms. The molecule has 0 aromatic carbocycles. The minimum Gasteiger partial charge on any atom is -0.466 e. The number of hydrogen-bond donors (Lipinski definition) is 3. The molecule has 0 saturated carbocycles. The fourth-order valence-corrected chi connectivity index (χ4v) is 14.1. The van der Waals surface area contributed by atoms with Crippen LogP contribution in [-0.4, -0.2) is 47.4 Å². The fourth-order valence-electron chi connectivity index (χ4n) is 14.1. The van der Waals surface area contributed by atoms with Gasteiger partial charge >= 0.3 is 5.97 Å². The van der Waals surface area contributed by atoms with E-state index in [4.69, 9.17) is 4.74 Å². The summed E-state index contributed by atoms with van der Waals surface area (Å²) in [6.07, 6.45) is 105. The molecule has 0 aliphatic heterocycles. The lowest BCUT2D eigenvalue weighted by Crippen LogP contribution is -2.45. The molecule has 0 heterocycles. The number of carbonyl (C=O) groups excluding carboxylic acids is 2. The quantitative estimate of drug-likeness (QED) is 0.0320. The van der Waals surface area contributed by atoms with Crippen LogP contribution in [0.15, 0.2) is 12.2 Å². The number of aliphatic hydroxyl groups is 2. The van der Waals surface area contributed by atoms with Crippen LogP contribution in [0.5, 0.6) is 0 Å². The summed E-state index contributed by atoms with van der Waals surface area (Å²) in [6.45, 7) is 5.00. The maximum atomic E-state index is 12.6. The summed E-state index contributed by atoms with van der Waals surface area (Å²) in [7, 11) is 0. The molecule has 0 aromatic rings. The monoisotopic (exact) mass is 1300 g/mol. The first kappa shape index (κ1) is 90.6.